The van der Waals surface area contributed by atoms with E-state index in [0.717, 1.165) is 22.5 Å². The first-order valence-electron chi connectivity index (χ1n) is 10.7. The van der Waals surface area contributed by atoms with Crippen molar-refractivity contribution >= 4 is 35.0 Å². The topological polar surface area (TPSA) is 99.7 Å². The number of benzene rings is 2. The molecule has 0 bridgehead atoms. The van der Waals surface area contributed by atoms with Crippen LogP contribution in [0.15, 0.2) is 60.9 Å². The fraction of sp³-hybridized carbons (Fsp3) is 0.160. The molecule has 0 saturated heterocycles. The van der Waals surface area contributed by atoms with E-state index in [0.29, 0.717) is 40.9 Å². The smallest absolute Gasteiger partial charge is 0.231 e. The highest BCUT2D eigenvalue weighted by atomic mass is 35.5. The van der Waals surface area contributed by atoms with Gasteiger partial charge in [-0.05, 0) is 47.9 Å². The predicted molar refractivity (Wildman–Crippen MR) is 130 cm³/mol. The Balaban J connectivity index is 1.44. The molecule has 0 radical (unpaired) electrons. The Morgan fingerprint density at radius 3 is 2.85 bits per heavy atom. The number of rotatable bonds is 5. The number of hydrogen-bond acceptors (Lipinski definition) is 6. The maximum atomic E-state index is 13.1. The van der Waals surface area contributed by atoms with Crippen molar-refractivity contribution in [1.29, 1.82) is 5.26 Å². The Morgan fingerprint density at radius 2 is 2.09 bits per heavy atom. The summed E-state index contributed by atoms with van der Waals surface area (Å²) in [5.74, 6) is 1.13. The van der Waals surface area contributed by atoms with E-state index in [2.05, 4.69) is 26.5 Å². The zero-order valence-corrected chi connectivity index (χ0v) is 19.1. The number of nitriles is 1. The van der Waals surface area contributed by atoms with Crippen LogP contribution >= 0.6 is 11.6 Å². The minimum Gasteiger partial charge on any atom is -0.310 e. The van der Waals surface area contributed by atoms with E-state index < -0.39 is 0 Å². The van der Waals surface area contributed by atoms with Crippen LogP contribution in [0, 0.1) is 11.3 Å². The van der Waals surface area contributed by atoms with Crippen LogP contribution < -0.4 is 10.2 Å². The molecule has 2 aromatic heterocycles. The highest BCUT2D eigenvalue weighted by molar-refractivity contribution is 6.30. The van der Waals surface area contributed by atoms with Gasteiger partial charge in [-0.25, -0.2) is 9.97 Å². The van der Waals surface area contributed by atoms with Crippen molar-refractivity contribution < 1.29 is 4.79 Å². The quantitative estimate of drug-likeness (QED) is 0.468. The fourth-order valence-electron chi connectivity index (χ4n) is 4.14. The lowest BCUT2D eigenvalue weighted by molar-refractivity contribution is -0.117. The molecular formula is C25H20ClN7O. The summed E-state index contributed by atoms with van der Waals surface area (Å²) in [5.41, 5.74) is 4.41. The van der Waals surface area contributed by atoms with E-state index in [-0.39, 0.29) is 12.3 Å². The van der Waals surface area contributed by atoms with E-state index in [9.17, 15) is 10.1 Å². The van der Waals surface area contributed by atoms with Gasteiger partial charge in [-0.15, -0.1) is 0 Å². The lowest BCUT2D eigenvalue weighted by Gasteiger charge is -2.19. The zero-order valence-electron chi connectivity index (χ0n) is 18.4. The second kappa shape index (κ2) is 8.96. The SMILES string of the molecule is Cn1nccc1Nc1nccc(-c2cc(C#N)c3c(c2)CCN3C(=O)Cc2cccc(Cl)c2)n1. The minimum absolute atomic E-state index is 0.0602. The van der Waals surface area contributed by atoms with E-state index in [4.69, 9.17) is 11.6 Å². The molecule has 2 aromatic carbocycles. The average molecular weight is 470 g/mol. The zero-order chi connectivity index (χ0) is 23.7. The molecule has 168 valence electrons. The fourth-order valence-corrected chi connectivity index (χ4v) is 4.35. The Hall–Kier alpha value is -4.22. The molecule has 1 aliphatic rings. The first-order chi connectivity index (χ1) is 16.5. The number of carbonyl (C=O) groups excluding carboxylic acids is 1. The Labute approximate surface area is 201 Å². The Morgan fingerprint density at radius 1 is 1.21 bits per heavy atom. The highest BCUT2D eigenvalue weighted by Crippen LogP contribution is 2.36. The maximum Gasteiger partial charge on any atom is 0.231 e. The van der Waals surface area contributed by atoms with Gasteiger partial charge in [-0.3, -0.25) is 9.48 Å². The molecule has 0 fully saturated rings. The number of hydrogen-bond donors (Lipinski definition) is 1. The van der Waals surface area contributed by atoms with E-state index in [1.165, 1.54) is 0 Å². The van der Waals surface area contributed by atoms with Crippen LogP contribution in [0.3, 0.4) is 0 Å². The number of aromatic nitrogens is 4. The number of nitrogens with one attached hydrogen (secondary N) is 1. The summed E-state index contributed by atoms with van der Waals surface area (Å²) in [6.45, 7) is 0.532. The Bertz CT molecular complexity index is 1440. The van der Waals surface area contributed by atoms with Crippen molar-refractivity contribution in [2.24, 2.45) is 7.05 Å². The van der Waals surface area contributed by atoms with Gasteiger partial charge in [0.05, 0.1) is 29.6 Å². The number of anilines is 3. The van der Waals surface area contributed by atoms with Gasteiger partial charge in [0.2, 0.25) is 11.9 Å². The number of aryl methyl sites for hydroxylation is 1. The van der Waals surface area contributed by atoms with Gasteiger partial charge in [-0.2, -0.15) is 10.4 Å². The molecule has 34 heavy (non-hydrogen) atoms. The third kappa shape index (κ3) is 4.21. The summed E-state index contributed by atoms with van der Waals surface area (Å²) in [6, 6.07) is 16.9. The van der Waals surface area contributed by atoms with Crippen molar-refractivity contribution in [3.8, 4) is 17.3 Å². The first-order valence-corrected chi connectivity index (χ1v) is 11.1. The number of halogens is 1. The summed E-state index contributed by atoms with van der Waals surface area (Å²) in [4.78, 5) is 23.7. The molecule has 3 heterocycles. The van der Waals surface area contributed by atoms with Crippen LogP contribution in [0.1, 0.15) is 16.7 Å². The number of carbonyl (C=O) groups is 1. The average Bonchev–Trinajstić information content (AvgIpc) is 3.45. The summed E-state index contributed by atoms with van der Waals surface area (Å²) in [6.07, 6.45) is 4.25. The van der Waals surface area contributed by atoms with E-state index in [1.54, 1.807) is 46.2 Å². The third-order valence-electron chi connectivity index (χ3n) is 5.74. The molecule has 4 aromatic rings. The monoisotopic (exact) mass is 469 g/mol. The van der Waals surface area contributed by atoms with Gasteiger partial charge >= 0.3 is 0 Å². The second-order valence-electron chi connectivity index (χ2n) is 7.98. The van der Waals surface area contributed by atoms with Gasteiger partial charge in [0.15, 0.2) is 0 Å². The van der Waals surface area contributed by atoms with Gasteiger partial charge in [0.1, 0.15) is 11.9 Å². The van der Waals surface area contributed by atoms with Crippen LogP contribution in [0.4, 0.5) is 17.5 Å². The summed E-state index contributed by atoms with van der Waals surface area (Å²) in [5, 5.41) is 17.8. The molecule has 1 amide bonds. The van der Waals surface area contributed by atoms with Crippen molar-refractivity contribution in [1.82, 2.24) is 19.7 Å². The van der Waals surface area contributed by atoms with Gasteiger partial charge in [-0.1, -0.05) is 23.7 Å². The predicted octanol–water partition coefficient (Wildman–Crippen LogP) is 4.28. The minimum atomic E-state index is -0.0602. The number of amides is 1. The van der Waals surface area contributed by atoms with E-state index >= 15 is 0 Å². The van der Waals surface area contributed by atoms with Crippen LogP contribution in [-0.4, -0.2) is 32.2 Å². The van der Waals surface area contributed by atoms with Crippen molar-refractivity contribution in [3.05, 3.63) is 82.6 Å². The van der Waals surface area contributed by atoms with Crippen LogP contribution in [0.25, 0.3) is 11.3 Å². The molecule has 0 saturated carbocycles. The molecule has 1 aliphatic heterocycles. The van der Waals surface area contributed by atoms with Gasteiger partial charge < -0.3 is 10.2 Å². The molecule has 9 heteroatoms. The summed E-state index contributed by atoms with van der Waals surface area (Å²) >= 11 is 6.06. The molecule has 0 aliphatic carbocycles. The summed E-state index contributed by atoms with van der Waals surface area (Å²) in [7, 11) is 1.82. The van der Waals surface area contributed by atoms with Crippen molar-refractivity contribution in [2.45, 2.75) is 12.8 Å². The van der Waals surface area contributed by atoms with Crippen molar-refractivity contribution in [3.63, 3.8) is 0 Å². The lowest BCUT2D eigenvalue weighted by Crippen LogP contribution is -2.30. The highest BCUT2D eigenvalue weighted by Gasteiger charge is 2.28. The van der Waals surface area contributed by atoms with Gasteiger partial charge in [0.25, 0.3) is 0 Å². The third-order valence-corrected chi connectivity index (χ3v) is 5.98. The van der Waals surface area contributed by atoms with Gasteiger partial charge in [0, 0.05) is 36.4 Å². The lowest BCUT2D eigenvalue weighted by atomic mass is 10.0. The van der Waals surface area contributed by atoms with Crippen molar-refractivity contribution in [2.75, 3.05) is 16.8 Å². The Kier molecular flexibility index (Phi) is 5.70. The van der Waals surface area contributed by atoms with E-state index in [1.807, 2.05) is 31.3 Å². The first kappa shape index (κ1) is 21.6. The van der Waals surface area contributed by atoms with Crippen LogP contribution in [0.5, 0.6) is 0 Å². The molecule has 8 nitrogen and oxygen atoms in total. The molecule has 0 unspecified atom stereocenters. The summed E-state index contributed by atoms with van der Waals surface area (Å²) < 4.78 is 1.69. The second-order valence-corrected chi connectivity index (χ2v) is 8.41. The molecule has 0 atom stereocenters. The van der Waals surface area contributed by atoms with Crippen LogP contribution in [-0.2, 0) is 24.7 Å². The largest absolute Gasteiger partial charge is 0.310 e. The standard InChI is InChI=1S/C25H20ClN7O/c1-32-22(6-9-29-32)31-25-28-8-5-21(30-25)18-13-17-7-10-33(24(17)19(14-18)15-27)23(34)12-16-3-2-4-20(26)11-16/h2-6,8-9,11,13-14H,7,10,12H2,1H3,(H,28,30,31). The molecule has 1 N–H and O–H groups in total. The maximum absolute atomic E-state index is 13.1. The number of fused-ring (bicyclic) bond motifs is 1. The molecular weight excluding hydrogens is 450 g/mol. The normalized spacial score (nSPS) is 12.3. The molecule has 0 spiro atoms. The molecule has 5 rings (SSSR count). The van der Waals surface area contributed by atoms with Crippen LogP contribution in [0.2, 0.25) is 5.02 Å². The number of nitrogens with zero attached hydrogens (tertiary/aromatic N) is 6.